The summed E-state index contributed by atoms with van der Waals surface area (Å²) in [5, 5.41) is 2.78. The molecule has 0 heterocycles. The molecule has 0 saturated heterocycles. The quantitative estimate of drug-likeness (QED) is 0.827. The van der Waals surface area contributed by atoms with Crippen LogP contribution in [-0.2, 0) is 10.0 Å². The molecule has 0 atom stereocenters. The maximum atomic E-state index is 12.6. The minimum atomic E-state index is -3.76. The molecular weight excluding hydrogens is 340 g/mol. The molecule has 0 radical (unpaired) electrons. The Morgan fingerprint density at radius 1 is 1.08 bits per heavy atom. The van der Waals surface area contributed by atoms with Gasteiger partial charge in [0.1, 0.15) is 5.75 Å². The van der Waals surface area contributed by atoms with Crippen LogP contribution in [-0.4, -0.2) is 27.5 Å². The number of amides is 1. The molecule has 2 N–H and O–H groups in total. The van der Waals surface area contributed by atoms with Gasteiger partial charge in [-0.05, 0) is 62.7 Å². The van der Waals surface area contributed by atoms with Crippen molar-refractivity contribution in [2.24, 2.45) is 0 Å². The van der Waals surface area contributed by atoms with E-state index in [1.165, 1.54) is 25.3 Å². The molecule has 0 bridgehead atoms. The van der Waals surface area contributed by atoms with Crippen LogP contribution < -0.4 is 14.8 Å². The summed E-state index contributed by atoms with van der Waals surface area (Å²) in [7, 11) is -2.25. The zero-order valence-electron chi connectivity index (χ0n) is 14.7. The molecule has 0 aromatic heterocycles. The van der Waals surface area contributed by atoms with Gasteiger partial charge < -0.3 is 10.1 Å². The van der Waals surface area contributed by atoms with Gasteiger partial charge in [0.25, 0.3) is 15.9 Å². The second-order valence-corrected chi connectivity index (χ2v) is 7.62. The van der Waals surface area contributed by atoms with E-state index in [1.54, 1.807) is 31.2 Å². The number of nitrogens with one attached hydrogen (secondary N) is 2. The largest absolute Gasteiger partial charge is 0.497 e. The van der Waals surface area contributed by atoms with Crippen molar-refractivity contribution in [3.05, 3.63) is 53.6 Å². The van der Waals surface area contributed by atoms with Crippen molar-refractivity contribution < 1.29 is 17.9 Å². The van der Waals surface area contributed by atoms with Crippen LogP contribution in [0.2, 0.25) is 0 Å². The molecule has 0 aliphatic carbocycles. The number of benzene rings is 2. The lowest BCUT2D eigenvalue weighted by Crippen LogP contribution is -2.30. The molecule has 2 aromatic rings. The first-order chi connectivity index (χ1) is 11.7. The second kappa shape index (κ2) is 7.57. The lowest BCUT2D eigenvalue weighted by Gasteiger charge is -2.13. The van der Waals surface area contributed by atoms with Crippen LogP contribution in [0, 0.1) is 6.92 Å². The van der Waals surface area contributed by atoms with Crippen molar-refractivity contribution in [2.75, 3.05) is 11.8 Å². The molecule has 6 nitrogen and oxygen atoms in total. The van der Waals surface area contributed by atoms with Gasteiger partial charge in [-0.1, -0.05) is 6.07 Å². The molecule has 1 amide bonds. The third-order valence-corrected chi connectivity index (χ3v) is 4.91. The molecule has 134 valence electrons. The van der Waals surface area contributed by atoms with Gasteiger partial charge in [-0.2, -0.15) is 0 Å². The number of hydrogen-bond donors (Lipinski definition) is 2. The van der Waals surface area contributed by atoms with Gasteiger partial charge in [0.2, 0.25) is 0 Å². The normalized spacial score (nSPS) is 11.2. The second-order valence-electron chi connectivity index (χ2n) is 5.94. The highest BCUT2D eigenvalue weighted by molar-refractivity contribution is 7.92. The maximum Gasteiger partial charge on any atom is 0.261 e. The Hall–Kier alpha value is -2.54. The Kier molecular flexibility index (Phi) is 5.69. The molecule has 0 saturated carbocycles. The van der Waals surface area contributed by atoms with Gasteiger partial charge in [-0.25, -0.2) is 8.42 Å². The summed E-state index contributed by atoms with van der Waals surface area (Å²) >= 11 is 0. The van der Waals surface area contributed by atoms with E-state index < -0.39 is 10.0 Å². The topological polar surface area (TPSA) is 84.5 Å². The molecule has 0 aliphatic heterocycles. The van der Waals surface area contributed by atoms with Gasteiger partial charge in [0.15, 0.2) is 0 Å². The molecule has 0 spiro atoms. The average Bonchev–Trinajstić information content (AvgIpc) is 2.56. The lowest BCUT2D eigenvalue weighted by molar-refractivity contribution is 0.0943. The molecule has 7 heteroatoms. The minimum Gasteiger partial charge on any atom is -0.497 e. The predicted octanol–water partition coefficient (Wildman–Crippen LogP) is 2.94. The molecule has 2 rings (SSSR count). The highest BCUT2D eigenvalue weighted by Gasteiger charge is 2.17. The van der Waals surface area contributed by atoms with Gasteiger partial charge in [0.05, 0.1) is 17.7 Å². The van der Waals surface area contributed by atoms with Crippen LogP contribution in [0.15, 0.2) is 47.4 Å². The molecule has 0 aliphatic rings. The van der Waals surface area contributed by atoms with Crippen molar-refractivity contribution in [1.29, 1.82) is 0 Å². The number of rotatable bonds is 6. The third kappa shape index (κ3) is 4.73. The van der Waals surface area contributed by atoms with Crippen molar-refractivity contribution in [3.63, 3.8) is 0 Å². The van der Waals surface area contributed by atoms with E-state index in [0.29, 0.717) is 17.0 Å². The Morgan fingerprint density at radius 3 is 2.28 bits per heavy atom. The fourth-order valence-electron chi connectivity index (χ4n) is 2.18. The van der Waals surface area contributed by atoms with Crippen molar-refractivity contribution in [1.82, 2.24) is 5.32 Å². The molecule has 0 unspecified atom stereocenters. The standard InChI is InChI=1S/C18H22N2O4S/c1-12(2)19-18(21)14-6-5-13(3)17(11-14)20-25(22,23)16-9-7-15(24-4)8-10-16/h5-12,20H,1-4H3,(H,19,21). The van der Waals surface area contributed by atoms with Crippen LogP contribution in [0.1, 0.15) is 29.8 Å². The maximum absolute atomic E-state index is 12.6. The monoisotopic (exact) mass is 362 g/mol. The summed E-state index contributed by atoms with van der Waals surface area (Å²) in [5.74, 6) is 0.322. The minimum absolute atomic E-state index is 0.00626. The van der Waals surface area contributed by atoms with E-state index in [9.17, 15) is 13.2 Å². The Labute approximate surface area is 148 Å². The highest BCUT2D eigenvalue weighted by Crippen LogP contribution is 2.22. The predicted molar refractivity (Wildman–Crippen MR) is 97.6 cm³/mol. The van der Waals surface area contributed by atoms with Crippen molar-refractivity contribution in [3.8, 4) is 5.75 Å². The smallest absolute Gasteiger partial charge is 0.261 e. The fourth-order valence-corrected chi connectivity index (χ4v) is 3.30. The highest BCUT2D eigenvalue weighted by atomic mass is 32.2. The summed E-state index contributed by atoms with van der Waals surface area (Å²) < 4.78 is 32.7. The van der Waals surface area contributed by atoms with Crippen LogP contribution in [0.3, 0.4) is 0 Å². The number of hydrogen-bond acceptors (Lipinski definition) is 4. The molecular formula is C18H22N2O4S. The Bertz CT molecular complexity index is 859. The Balaban J connectivity index is 2.30. The number of methoxy groups -OCH3 is 1. The molecule has 2 aromatic carbocycles. The van der Waals surface area contributed by atoms with Crippen LogP contribution in [0.5, 0.6) is 5.75 Å². The van der Waals surface area contributed by atoms with Gasteiger partial charge in [-0.3, -0.25) is 9.52 Å². The first-order valence-electron chi connectivity index (χ1n) is 7.81. The van der Waals surface area contributed by atoms with Crippen LogP contribution >= 0.6 is 0 Å². The van der Waals surface area contributed by atoms with E-state index in [-0.39, 0.29) is 16.8 Å². The number of carbonyl (C=O) groups excluding carboxylic acids is 1. The van der Waals surface area contributed by atoms with Gasteiger partial charge in [-0.15, -0.1) is 0 Å². The third-order valence-electron chi connectivity index (χ3n) is 3.53. The van der Waals surface area contributed by atoms with Gasteiger partial charge in [0, 0.05) is 11.6 Å². The van der Waals surface area contributed by atoms with Crippen molar-refractivity contribution >= 4 is 21.6 Å². The first kappa shape index (κ1) is 18.8. The zero-order chi connectivity index (χ0) is 18.6. The number of aryl methyl sites for hydroxylation is 1. The van der Waals surface area contributed by atoms with Crippen LogP contribution in [0.25, 0.3) is 0 Å². The van der Waals surface area contributed by atoms with Gasteiger partial charge >= 0.3 is 0 Å². The fraction of sp³-hybridized carbons (Fsp3) is 0.278. The van der Waals surface area contributed by atoms with E-state index in [0.717, 1.165) is 5.56 Å². The summed E-state index contributed by atoms with van der Waals surface area (Å²) in [6.45, 7) is 5.49. The zero-order valence-corrected chi connectivity index (χ0v) is 15.5. The number of sulfonamides is 1. The lowest BCUT2D eigenvalue weighted by atomic mass is 10.1. The summed E-state index contributed by atoms with van der Waals surface area (Å²) in [6, 6.07) is 11.0. The van der Waals surface area contributed by atoms with E-state index in [2.05, 4.69) is 10.0 Å². The van der Waals surface area contributed by atoms with Crippen LogP contribution in [0.4, 0.5) is 5.69 Å². The molecule has 25 heavy (non-hydrogen) atoms. The Morgan fingerprint density at radius 2 is 1.72 bits per heavy atom. The van der Waals surface area contributed by atoms with Crippen molar-refractivity contribution in [2.45, 2.75) is 31.7 Å². The molecule has 0 fully saturated rings. The van der Waals surface area contributed by atoms with E-state index >= 15 is 0 Å². The number of anilines is 1. The summed E-state index contributed by atoms with van der Waals surface area (Å²) in [6.07, 6.45) is 0. The number of carbonyl (C=O) groups is 1. The average molecular weight is 362 g/mol. The SMILES string of the molecule is COc1ccc(S(=O)(=O)Nc2cc(C(=O)NC(C)C)ccc2C)cc1. The summed E-state index contributed by atoms with van der Waals surface area (Å²) in [4.78, 5) is 12.2. The van der Waals surface area contributed by atoms with E-state index in [4.69, 9.17) is 4.74 Å². The number of ether oxygens (including phenoxy) is 1. The first-order valence-corrected chi connectivity index (χ1v) is 9.29. The van der Waals surface area contributed by atoms with E-state index in [1.807, 2.05) is 13.8 Å². The summed E-state index contributed by atoms with van der Waals surface area (Å²) in [5.41, 5.74) is 1.48.